The monoisotopic (exact) mass is 490 g/mol. The van der Waals surface area contributed by atoms with Gasteiger partial charge in [-0.05, 0) is 76.2 Å². The van der Waals surface area contributed by atoms with Crippen molar-refractivity contribution in [1.29, 1.82) is 0 Å². The summed E-state index contributed by atoms with van der Waals surface area (Å²) in [5, 5.41) is 23.0. The van der Waals surface area contributed by atoms with Crippen LogP contribution in [0.5, 0.6) is 0 Å². The van der Waals surface area contributed by atoms with Gasteiger partial charge in [0.05, 0.1) is 0 Å². The summed E-state index contributed by atoms with van der Waals surface area (Å²) in [6.45, 7) is 7.04. The van der Waals surface area contributed by atoms with E-state index in [4.69, 9.17) is 16.2 Å². The van der Waals surface area contributed by atoms with E-state index in [9.17, 15) is 5.21 Å². The molecule has 6 nitrogen and oxygen atoms in total. The molecule has 2 heterocycles. The van der Waals surface area contributed by atoms with Crippen LogP contribution in [-0.2, 0) is 13.0 Å². The van der Waals surface area contributed by atoms with Crippen LogP contribution in [-0.4, -0.2) is 27.1 Å². The highest BCUT2D eigenvalue weighted by molar-refractivity contribution is 7.99. The number of nitrogens with zero attached hydrogens (tertiary/aromatic N) is 4. The fourth-order valence-corrected chi connectivity index (χ4v) is 5.33. The molecular formula is C26H23ClN4O2S. The third-order valence-corrected chi connectivity index (χ3v) is 7.41. The molecule has 0 fully saturated rings. The molecule has 0 saturated carbocycles. The van der Waals surface area contributed by atoms with Crippen LogP contribution in [0.1, 0.15) is 22.3 Å². The van der Waals surface area contributed by atoms with Crippen LogP contribution in [0.4, 0.5) is 5.69 Å². The fraction of sp³-hybridized carbons (Fsp3) is 0.154. The topological polar surface area (TPSA) is 65.6 Å². The summed E-state index contributed by atoms with van der Waals surface area (Å²) in [6, 6.07) is 15.9. The van der Waals surface area contributed by atoms with Crippen molar-refractivity contribution >= 4 is 46.2 Å². The number of allylic oxidation sites excluding steroid dienone is 2. The normalized spacial score (nSPS) is 14.0. The number of hydrazine groups is 1. The lowest BCUT2D eigenvalue weighted by atomic mass is 10.0. The van der Waals surface area contributed by atoms with Gasteiger partial charge in [0.1, 0.15) is 5.69 Å². The average molecular weight is 491 g/mol. The summed E-state index contributed by atoms with van der Waals surface area (Å²) in [7, 11) is 0. The van der Waals surface area contributed by atoms with E-state index in [2.05, 4.69) is 35.9 Å². The van der Waals surface area contributed by atoms with E-state index in [1.54, 1.807) is 17.8 Å². The zero-order valence-corrected chi connectivity index (χ0v) is 20.2. The second-order valence-electron chi connectivity index (χ2n) is 8.05. The predicted octanol–water partition coefficient (Wildman–Crippen LogP) is 6.70. The number of rotatable bonds is 6. The molecule has 0 spiro atoms. The Morgan fingerprint density at radius 1 is 1.12 bits per heavy atom. The van der Waals surface area contributed by atoms with E-state index in [0.29, 0.717) is 34.8 Å². The molecule has 34 heavy (non-hydrogen) atoms. The quantitative estimate of drug-likeness (QED) is 0.238. The second-order valence-corrected chi connectivity index (χ2v) is 9.57. The highest BCUT2D eigenvalue weighted by Gasteiger charge is 2.25. The average Bonchev–Trinajstić information content (AvgIpc) is 3.34. The highest BCUT2D eigenvalue weighted by Crippen LogP contribution is 2.38. The summed E-state index contributed by atoms with van der Waals surface area (Å²) < 4.78 is 5.09. The number of halogens is 1. The number of fused-ring (bicyclic) bond motifs is 2. The van der Waals surface area contributed by atoms with Gasteiger partial charge in [-0.3, -0.25) is 5.21 Å². The van der Waals surface area contributed by atoms with Crippen molar-refractivity contribution in [3.63, 3.8) is 0 Å². The van der Waals surface area contributed by atoms with Gasteiger partial charge in [0.2, 0.25) is 0 Å². The number of hydrogen-bond donors (Lipinski definition) is 1. The molecular weight excluding hydrogens is 468 g/mol. The molecule has 0 unspecified atom stereocenters. The first kappa shape index (κ1) is 22.7. The van der Waals surface area contributed by atoms with E-state index < -0.39 is 0 Å². The van der Waals surface area contributed by atoms with Crippen molar-refractivity contribution in [3.8, 4) is 0 Å². The third-order valence-electron chi connectivity index (χ3n) is 5.96. The summed E-state index contributed by atoms with van der Waals surface area (Å²) in [5.74, 6) is 0. The van der Waals surface area contributed by atoms with E-state index in [1.165, 1.54) is 5.56 Å². The van der Waals surface area contributed by atoms with Crippen LogP contribution < -0.4 is 5.17 Å². The molecule has 1 N–H and O–H groups in total. The van der Waals surface area contributed by atoms with Gasteiger partial charge in [0.25, 0.3) is 0 Å². The molecule has 172 valence electrons. The van der Waals surface area contributed by atoms with Crippen LogP contribution in [0.15, 0.2) is 81.7 Å². The summed E-state index contributed by atoms with van der Waals surface area (Å²) in [6.07, 6.45) is 6.54. The Balaban J connectivity index is 1.44. The minimum absolute atomic E-state index is 0.504. The fourth-order valence-electron chi connectivity index (χ4n) is 4.11. The van der Waals surface area contributed by atoms with Crippen molar-refractivity contribution < 1.29 is 9.84 Å². The van der Waals surface area contributed by atoms with Gasteiger partial charge >= 0.3 is 0 Å². The smallest absolute Gasteiger partial charge is 0.163 e. The zero-order valence-electron chi connectivity index (χ0n) is 18.6. The van der Waals surface area contributed by atoms with E-state index in [-0.39, 0.29) is 0 Å². The largest absolute Gasteiger partial charge is 0.273 e. The van der Waals surface area contributed by atoms with Crippen molar-refractivity contribution in [2.75, 3.05) is 11.7 Å². The molecule has 0 radical (unpaired) electrons. The maximum atomic E-state index is 11.1. The van der Waals surface area contributed by atoms with Gasteiger partial charge in [-0.25, -0.2) is 4.63 Å². The second kappa shape index (κ2) is 9.64. The van der Waals surface area contributed by atoms with Gasteiger partial charge in [0, 0.05) is 27.9 Å². The molecule has 4 aromatic rings. The molecule has 0 amide bonds. The first-order valence-electron chi connectivity index (χ1n) is 10.9. The first-order chi connectivity index (χ1) is 16.5. The minimum atomic E-state index is 0.504. The minimum Gasteiger partial charge on any atom is -0.273 e. The number of hydrogen-bond acceptors (Lipinski definition) is 7. The number of aromatic nitrogens is 2. The van der Waals surface area contributed by atoms with Gasteiger partial charge in [-0.1, -0.05) is 66.4 Å². The molecule has 0 atom stereocenters. The summed E-state index contributed by atoms with van der Waals surface area (Å²) in [5.41, 5.74) is 6.26. The maximum Gasteiger partial charge on any atom is 0.163 e. The van der Waals surface area contributed by atoms with Gasteiger partial charge < -0.3 is 0 Å². The lowest BCUT2D eigenvalue weighted by Gasteiger charge is -2.35. The van der Waals surface area contributed by atoms with E-state index in [1.807, 2.05) is 53.6 Å². The third kappa shape index (κ3) is 4.35. The zero-order chi connectivity index (χ0) is 23.7. The van der Waals surface area contributed by atoms with Crippen LogP contribution in [0, 0.1) is 6.92 Å². The Morgan fingerprint density at radius 2 is 1.97 bits per heavy atom. The van der Waals surface area contributed by atoms with E-state index >= 15 is 0 Å². The number of benzene rings is 3. The highest BCUT2D eigenvalue weighted by atomic mass is 35.5. The molecule has 8 heteroatoms. The van der Waals surface area contributed by atoms with Gasteiger partial charge in [0.15, 0.2) is 11.0 Å². The van der Waals surface area contributed by atoms with Crippen molar-refractivity contribution in [1.82, 2.24) is 15.3 Å². The Kier molecular flexibility index (Phi) is 6.43. The lowest BCUT2D eigenvalue weighted by molar-refractivity contribution is 0.0552. The molecule has 5 rings (SSSR count). The van der Waals surface area contributed by atoms with Crippen LogP contribution in [0.2, 0.25) is 5.02 Å². The van der Waals surface area contributed by atoms with Crippen molar-refractivity contribution in [2.45, 2.75) is 29.7 Å². The predicted molar refractivity (Wildman–Crippen MR) is 136 cm³/mol. The van der Waals surface area contributed by atoms with E-state index in [0.717, 1.165) is 38.1 Å². The molecule has 1 aliphatic rings. The molecule has 3 aromatic carbocycles. The van der Waals surface area contributed by atoms with Crippen LogP contribution >= 0.6 is 23.4 Å². The van der Waals surface area contributed by atoms with Crippen molar-refractivity contribution in [2.24, 2.45) is 0 Å². The SMILES string of the molecule is C=C/C=C\c1cccc(Sc2ccc(N(O)N3CCc4ccc(Cl)cc4C3)c3nonc23)c1C. The summed E-state index contributed by atoms with van der Waals surface area (Å²) >= 11 is 7.77. The molecule has 0 aliphatic carbocycles. The van der Waals surface area contributed by atoms with Crippen molar-refractivity contribution in [3.05, 3.63) is 94.5 Å². The Bertz CT molecular complexity index is 1400. The molecule has 1 aromatic heterocycles. The number of anilines is 1. The maximum absolute atomic E-state index is 11.1. The van der Waals surface area contributed by atoms with Gasteiger partial charge in [-0.15, -0.1) is 0 Å². The van der Waals surface area contributed by atoms with Crippen LogP contribution in [0.25, 0.3) is 17.1 Å². The summed E-state index contributed by atoms with van der Waals surface area (Å²) in [4.78, 5) is 2.01. The Hall–Kier alpha value is -3.10. The molecule has 0 bridgehead atoms. The Morgan fingerprint density at radius 3 is 2.82 bits per heavy atom. The van der Waals surface area contributed by atoms with Gasteiger partial charge in [-0.2, -0.15) is 10.2 Å². The standard InChI is InChI=1S/C26H23ClN4O2S/c1-3-4-6-18-7-5-8-23(17(18)2)34-24-12-11-22(25-26(24)29-33-28-25)31(32)30-14-13-19-9-10-21(27)15-20(19)16-30/h3-12,15,32H,1,13-14,16H2,2H3/b6-4-. The molecule has 1 aliphatic heterocycles. The molecule has 0 saturated heterocycles. The lowest BCUT2D eigenvalue weighted by Crippen LogP contribution is -2.43. The van der Waals surface area contributed by atoms with Crippen LogP contribution in [0.3, 0.4) is 0 Å². The first-order valence-corrected chi connectivity index (χ1v) is 12.1. The Labute approximate surface area is 207 Å².